The van der Waals surface area contributed by atoms with Crippen molar-refractivity contribution in [2.75, 3.05) is 7.05 Å². The molecule has 1 atom stereocenters. The maximum Gasteiger partial charge on any atom is 0.0847 e. The summed E-state index contributed by atoms with van der Waals surface area (Å²) in [6, 6.07) is 4.25. The Morgan fingerprint density at radius 3 is 2.75 bits per heavy atom. The maximum absolute atomic E-state index is 6.34. The number of hydrogen-bond acceptors (Lipinski definition) is 3. The van der Waals surface area contributed by atoms with E-state index < -0.39 is 0 Å². The molecule has 1 N–H and O–H groups in total. The molecule has 2 aromatic rings. The van der Waals surface area contributed by atoms with E-state index in [9.17, 15) is 0 Å². The molecule has 0 aliphatic rings. The van der Waals surface area contributed by atoms with Crippen molar-refractivity contribution in [2.45, 2.75) is 32.7 Å². The molecule has 0 bridgehead atoms. The summed E-state index contributed by atoms with van der Waals surface area (Å²) in [5.74, 6) is 0. The van der Waals surface area contributed by atoms with Crippen LogP contribution in [0.2, 0.25) is 5.02 Å². The largest absolute Gasteiger partial charge is 0.311 e. The smallest absolute Gasteiger partial charge is 0.0847 e. The van der Waals surface area contributed by atoms with Crippen molar-refractivity contribution in [3.63, 3.8) is 0 Å². The van der Waals surface area contributed by atoms with Gasteiger partial charge in [0.25, 0.3) is 0 Å². The first-order valence-corrected chi connectivity index (χ1v) is 7.25. The summed E-state index contributed by atoms with van der Waals surface area (Å²) >= 11 is 6.34. The molecule has 0 amide bonds. The van der Waals surface area contributed by atoms with E-state index in [4.69, 9.17) is 11.6 Å². The van der Waals surface area contributed by atoms with E-state index >= 15 is 0 Å². The fraction of sp³-hybridized carbons (Fsp3) is 0.467. The van der Waals surface area contributed by atoms with Gasteiger partial charge in [0.2, 0.25) is 0 Å². The molecule has 2 aromatic heterocycles. The van der Waals surface area contributed by atoms with Crippen molar-refractivity contribution in [3.05, 3.63) is 46.0 Å². The van der Waals surface area contributed by atoms with E-state index in [1.54, 1.807) is 0 Å². The van der Waals surface area contributed by atoms with Gasteiger partial charge in [0.05, 0.1) is 28.1 Å². The van der Waals surface area contributed by atoms with Crippen LogP contribution < -0.4 is 5.32 Å². The van der Waals surface area contributed by atoms with Crippen molar-refractivity contribution in [1.29, 1.82) is 0 Å². The van der Waals surface area contributed by atoms with E-state index in [0.717, 1.165) is 34.9 Å². The van der Waals surface area contributed by atoms with Crippen molar-refractivity contribution in [1.82, 2.24) is 20.1 Å². The molecule has 0 saturated carbocycles. The van der Waals surface area contributed by atoms with Gasteiger partial charge in [-0.2, -0.15) is 5.10 Å². The van der Waals surface area contributed by atoms with Gasteiger partial charge in [-0.1, -0.05) is 24.6 Å². The molecule has 0 saturated heterocycles. The van der Waals surface area contributed by atoms with Gasteiger partial charge in [0, 0.05) is 19.7 Å². The number of aromatic nitrogens is 3. The summed E-state index contributed by atoms with van der Waals surface area (Å²) in [6.07, 6.45) is 3.59. The van der Waals surface area contributed by atoms with Crippen molar-refractivity contribution >= 4 is 11.6 Å². The van der Waals surface area contributed by atoms with Gasteiger partial charge in [-0.3, -0.25) is 9.67 Å². The predicted molar refractivity (Wildman–Crippen MR) is 82.1 cm³/mol. The summed E-state index contributed by atoms with van der Waals surface area (Å²) in [6.45, 7) is 4.08. The standard InChI is InChI=1S/C15H21ClN4/c1-5-11-7-6-8-18-15(11)12(17-3)9-13-14(16)10(2)19-20(13)4/h6-8,12,17H,5,9H2,1-4H3. The van der Waals surface area contributed by atoms with Crippen LogP contribution in [0.1, 0.15) is 35.6 Å². The minimum atomic E-state index is 0.137. The SMILES string of the molecule is CCc1cccnc1C(Cc1c(Cl)c(C)nn1C)NC. The highest BCUT2D eigenvalue weighted by atomic mass is 35.5. The Morgan fingerprint density at radius 1 is 1.45 bits per heavy atom. The van der Waals surface area contributed by atoms with Crippen LogP contribution in [0.25, 0.3) is 0 Å². The Hall–Kier alpha value is -1.39. The maximum atomic E-state index is 6.34. The summed E-state index contributed by atoms with van der Waals surface area (Å²) in [5, 5.41) is 8.47. The molecule has 108 valence electrons. The average Bonchev–Trinajstić information content (AvgIpc) is 2.70. The quantitative estimate of drug-likeness (QED) is 0.921. The van der Waals surface area contributed by atoms with Crippen LogP contribution in [-0.2, 0) is 19.9 Å². The highest BCUT2D eigenvalue weighted by Gasteiger charge is 2.20. The van der Waals surface area contributed by atoms with E-state index in [1.165, 1.54) is 5.56 Å². The highest BCUT2D eigenvalue weighted by Crippen LogP contribution is 2.26. The molecule has 0 spiro atoms. The van der Waals surface area contributed by atoms with Crippen LogP contribution >= 0.6 is 11.6 Å². The zero-order valence-electron chi connectivity index (χ0n) is 12.4. The van der Waals surface area contributed by atoms with Crippen molar-refractivity contribution < 1.29 is 0 Å². The van der Waals surface area contributed by atoms with Gasteiger partial charge in [-0.05, 0) is 32.0 Å². The molecule has 0 aliphatic heterocycles. The van der Waals surface area contributed by atoms with Crippen LogP contribution in [0, 0.1) is 6.92 Å². The number of halogens is 1. The monoisotopic (exact) mass is 292 g/mol. The Bertz CT molecular complexity index is 592. The lowest BCUT2D eigenvalue weighted by Gasteiger charge is -2.18. The van der Waals surface area contributed by atoms with Gasteiger partial charge >= 0.3 is 0 Å². The number of pyridine rings is 1. The summed E-state index contributed by atoms with van der Waals surface area (Å²) < 4.78 is 1.86. The van der Waals surface area contributed by atoms with Gasteiger partial charge in [-0.25, -0.2) is 0 Å². The Morgan fingerprint density at radius 2 is 2.20 bits per heavy atom. The Balaban J connectivity index is 2.34. The highest BCUT2D eigenvalue weighted by molar-refractivity contribution is 6.31. The number of likely N-dealkylation sites (N-methyl/N-ethyl adjacent to an activating group) is 1. The van der Waals surface area contributed by atoms with Crippen LogP contribution in [-0.4, -0.2) is 21.8 Å². The molecule has 4 nitrogen and oxygen atoms in total. The second-order valence-electron chi connectivity index (χ2n) is 4.92. The van der Waals surface area contributed by atoms with E-state index in [0.29, 0.717) is 0 Å². The molecule has 2 rings (SSSR count). The third-order valence-corrected chi connectivity index (χ3v) is 4.14. The molecule has 20 heavy (non-hydrogen) atoms. The lowest BCUT2D eigenvalue weighted by Crippen LogP contribution is -2.22. The average molecular weight is 293 g/mol. The number of nitrogens with zero attached hydrogens (tertiary/aromatic N) is 3. The Kier molecular flexibility index (Phi) is 4.78. The van der Waals surface area contributed by atoms with Gasteiger partial charge in [-0.15, -0.1) is 0 Å². The first-order chi connectivity index (χ1) is 9.58. The second-order valence-corrected chi connectivity index (χ2v) is 5.29. The van der Waals surface area contributed by atoms with Crippen LogP contribution in [0.5, 0.6) is 0 Å². The zero-order chi connectivity index (χ0) is 14.7. The number of hydrogen-bond donors (Lipinski definition) is 1. The summed E-state index contributed by atoms with van der Waals surface area (Å²) in [7, 11) is 3.88. The van der Waals surface area contributed by atoms with E-state index in [-0.39, 0.29) is 6.04 Å². The zero-order valence-corrected chi connectivity index (χ0v) is 13.2. The molecular formula is C15H21ClN4. The summed E-state index contributed by atoms with van der Waals surface area (Å²) in [4.78, 5) is 4.55. The van der Waals surface area contributed by atoms with Crippen molar-refractivity contribution in [3.8, 4) is 0 Å². The third-order valence-electron chi connectivity index (χ3n) is 3.64. The normalized spacial score (nSPS) is 12.7. The van der Waals surface area contributed by atoms with E-state index in [1.807, 2.05) is 38.0 Å². The molecule has 0 aromatic carbocycles. The van der Waals surface area contributed by atoms with Crippen molar-refractivity contribution in [2.24, 2.45) is 7.05 Å². The Labute approximate surface area is 125 Å². The summed E-state index contributed by atoms with van der Waals surface area (Å²) in [5.41, 5.74) is 4.27. The fourth-order valence-corrected chi connectivity index (χ4v) is 2.73. The van der Waals surface area contributed by atoms with Crippen LogP contribution in [0.3, 0.4) is 0 Å². The van der Waals surface area contributed by atoms with Crippen LogP contribution in [0.15, 0.2) is 18.3 Å². The number of rotatable bonds is 5. The third kappa shape index (κ3) is 2.86. The number of nitrogens with one attached hydrogen (secondary N) is 1. The minimum absolute atomic E-state index is 0.137. The molecule has 0 fully saturated rings. The lowest BCUT2D eigenvalue weighted by molar-refractivity contribution is 0.544. The van der Waals surface area contributed by atoms with Crippen LogP contribution in [0.4, 0.5) is 0 Å². The lowest BCUT2D eigenvalue weighted by atomic mass is 10.0. The molecule has 0 radical (unpaired) electrons. The molecule has 0 aliphatic carbocycles. The van der Waals surface area contributed by atoms with Gasteiger partial charge in [0.15, 0.2) is 0 Å². The molecule has 5 heteroatoms. The van der Waals surface area contributed by atoms with Gasteiger partial charge in [0.1, 0.15) is 0 Å². The molecule has 1 unspecified atom stereocenters. The molecular weight excluding hydrogens is 272 g/mol. The second kappa shape index (κ2) is 6.37. The fourth-order valence-electron chi connectivity index (χ4n) is 2.49. The predicted octanol–water partition coefficient (Wildman–Crippen LogP) is 2.84. The first kappa shape index (κ1) is 15.0. The van der Waals surface area contributed by atoms with Gasteiger partial charge < -0.3 is 5.32 Å². The number of aryl methyl sites for hydroxylation is 3. The minimum Gasteiger partial charge on any atom is -0.311 e. The van der Waals surface area contributed by atoms with E-state index in [2.05, 4.69) is 28.4 Å². The molecule has 2 heterocycles. The topological polar surface area (TPSA) is 42.7 Å². The first-order valence-electron chi connectivity index (χ1n) is 6.87.